The standard InChI is InChI=1S/C14H27N3O3/c1-16-7-4-14(20,5-8-16)11-15-13(19)10-17-6-2-3-12(18)9-17/h12,18,20H,2-11H2,1H3,(H,15,19)/t12-/m0/s1. The van der Waals surface area contributed by atoms with Crippen molar-refractivity contribution < 1.29 is 15.0 Å². The fourth-order valence-electron chi connectivity index (χ4n) is 2.91. The summed E-state index contributed by atoms with van der Waals surface area (Å²) < 4.78 is 0. The number of β-amino-alcohol motifs (C(OH)–C–C–N with tert-alkyl or cyclic N) is 1. The SMILES string of the molecule is CN1CCC(O)(CNC(=O)CN2CCC[C@H](O)C2)CC1. The minimum Gasteiger partial charge on any atom is -0.392 e. The highest BCUT2D eigenvalue weighted by Crippen LogP contribution is 2.20. The second-order valence-electron chi connectivity index (χ2n) is 6.34. The van der Waals surface area contributed by atoms with Gasteiger partial charge in [0, 0.05) is 26.2 Å². The smallest absolute Gasteiger partial charge is 0.234 e. The first kappa shape index (κ1) is 15.7. The average Bonchev–Trinajstić information content (AvgIpc) is 2.41. The Hall–Kier alpha value is -0.690. The van der Waals surface area contributed by atoms with Gasteiger partial charge in [0.15, 0.2) is 0 Å². The minimum absolute atomic E-state index is 0.0635. The van der Waals surface area contributed by atoms with E-state index in [0.29, 0.717) is 32.5 Å². The van der Waals surface area contributed by atoms with E-state index in [-0.39, 0.29) is 12.0 Å². The third-order valence-electron chi connectivity index (χ3n) is 4.38. The number of likely N-dealkylation sites (tertiary alicyclic amines) is 2. The van der Waals surface area contributed by atoms with Crippen molar-refractivity contribution in [2.24, 2.45) is 0 Å². The van der Waals surface area contributed by atoms with Crippen molar-refractivity contribution in [1.82, 2.24) is 15.1 Å². The van der Waals surface area contributed by atoms with Gasteiger partial charge >= 0.3 is 0 Å². The van der Waals surface area contributed by atoms with Gasteiger partial charge < -0.3 is 20.4 Å². The van der Waals surface area contributed by atoms with E-state index in [1.807, 2.05) is 11.9 Å². The van der Waals surface area contributed by atoms with Crippen molar-refractivity contribution in [3.05, 3.63) is 0 Å². The first-order valence-corrected chi connectivity index (χ1v) is 7.55. The number of nitrogens with zero attached hydrogens (tertiary/aromatic N) is 2. The van der Waals surface area contributed by atoms with Crippen LogP contribution in [-0.4, -0.2) is 83.9 Å². The molecule has 0 unspecified atom stereocenters. The van der Waals surface area contributed by atoms with Gasteiger partial charge in [0.1, 0.15) is 0 Å². The molecule has 0 bridgehead atoms. The van der Waals surface area contributed by atoms with Crippen LogP contribution in [0.1, 0.15) is 25.7 Å². The molecule has 2 heterocycles. The molecule has 20 heavy (non-hydrogen) atoms. The van der Waals surface area contributed by atoms with E-state index in [1.165, 1.54) is 0 Å². The van der Waals surface area contributed by atoms with Crippen molar-refractivity contribution >= 4 is 5.91 Å². The molecule has 2 saturated heterocycles. The number of hydrogen-bond acceptors (Lipinski definition) is 5. The maximum Gasteiger partial charge on any atom is 0.234 e. The van der Waals surface area contributed by atoms with Gasteiger partial charge in [-0.3, -0.25) is 9.69 Å². The predicted octanol–water partition coefficient (Wildman–Crippen LogP) is -0.984. The Labute approximate surface area is 120 Å². The Morgan fingerprint density at radius 1 is 1.35 bits per heavy atom. The summed E-state index contributed by atoms with van der Waals surface area (Å²) in [6.07, 6.45) is 2.85. The lowest BCUT2D eigenvalue weighted by Gasteiger charge is -2.36. The highest BCUT2D eigenvalue weighted by Gasteiger charge is 2.31. The van der Waals surface area contributed by atoms with Gasteiger partial charge in [-0.2, -0.15) is 0 Å². The molecule has 0 aromatic carbocycles. The van der Waals surface area contributed by atoms with E-state index in [1.54, 1.807) is 0 Å². The van der Waals surface area contributed by atoms with E-state index in [2.05, 4.69) is 10.2 Å². The Bertz CT molecular complexity index is 330. The van der Waals surface area contributed by atoms with Gasteiger partial charge in [0.25, 0.3) is 0 Å². The molecule has 3 N–H and O–H groups in total. The predicted molar refractivity (Wildman–Crippen MR) is 76.4 cm³/mol. The summed E-state index contributed by atoms with van der Waals surface area (Å²) in [7, 11) is 2.04. The molecular formula is C14H27N3O3. The van der Waals surface area contributed by atoms with Crippen molar-refractivity contribution in [3.8, 4) is 0 Å². The molecule has 0 aromatic rings. The summed E-state index contributed by atoms with van der Waals surface area (Å²) in [5.74, 6) is -0.0635. The van der Waals surface area contributed by atoms with Crippen LogP contribution in [0.3, 0.4) is 0 Å². The van der Waals surface area contributed by atoms with Crippen LogP contribution in [0.5, 0.6) is 0 Å². The van der Waals surface area contributed by atoms with Gasteiger partial charge in [-0.1, -0.05) is 0 Å². The van der Waals surface area contributed by atoms with Crippen LogP contribution >= 0.6 is 0 Å². The lowest BCUT2D eigenvalue weighted by atomic mass is 9.91. The van der Waals surface area contributed by atoms with Gasteiger partial charge in [-0.25, -0.2) is 0 Å². The monoisotopic (exact) mass is 285 g/mol. The maximum atomic E-state index is 11.9. The van der Waals surface area contributed by atoms with Crippen LogP contribution < -0.4 is 5.32 Å². The van der Waals surface area contributed by atoms with E-state index in [4.69, 9.17) is 0 Å². The molecule has 116 valence electrons. The van der Waals surface area contributed by atoms with Crippen LogP contribution in [0.4, 0.5) is 0 Å². The fourth-order valence-corrected chi connectivity index (χ4v) is 2.91. The zero-order valence-electron chi connectivity index (χ0n) is 12.3. The van der Waals surface area contributed by atoms with Crippen molar-refractivity contribution in [1.29, 1.82) is 0 Å². The van der Waals surface area contributed by atoms with Crippen molar-refractivity contribution in [2.45, 2.75) is 37.4 Å². The number of amides is 1. The number of nitrogens with one attached hydrogen (secondary N) is 1. The van der Waals surface area contributed by atoms with Crippen molar-refractivity contribution in [2.75, 3.05) is 46.3 Å². The number of aliphatic hydroxyl groups is 2. The van der Waals surface area contributed by atoms with Gasteiger partial charge in [0.2, 0.25) is 5.91 Å². The molecule has 0 saturated carbocycles. The summed E-state index contributed by atoms with van der Waals surface area (Å²) >= 11 is 0. The fraction of sp³-hybridized carbons (Fsp3) is 0.929. The van der Waals surface area contributed by atoms with Crippen LogP contribution in [0.15, 0.2) is 0 Å². The molecule has 2 aliphatic rings. The first-order chi connectivity index (χ1) is 9.47. The normalized spacial score (nSPS) is 28.2. The zero-order valence-corrected chi connectivity index (χ0v) is 12.3. The number of piperidine rings is 2. The number of hydrogen-bond donors (Lipinski definition) is 3. The third-order valence-corrected chi connectivity index (χ3v) is 4.38. The Balaban J connectivity index is 1.69. The van der Waals surface area contributed by atoms with Crippen LogP contribution in [0, 0.1) is 0 Å². The van der Waals surface area contributed by atoms with Crippen LogP contribution in [0.2, 0.25) is 0 Å². The molecule has 0 spiro atoms. The average molecular weight is 285 g/mol. The van der Waals surface area contributed by atoms with Crippen LogP contribution in [0.25, 0.3) is 0 Å². The van der Waals surface area contributed by atoms with E-state index in [0.717, 1.165) is 32.5 Å². The van der Waals surface area contributed by atoms with Crippen LogP contribution in [-0.2, 0) is 4.79 Å². The number of aliphatic hydroxyl groups excluding tert-OH is 1. The topological polar surface area (TPSA) is 76.0 Å². The quantitative estimate of drug-likeness (QED) is 0.619. The third kappa shape index (κ3) is 4.70. The zero-order chi connectivity index (χ0) is 14.6. The summed E-state index contributed by atoms with van der Waals surface area (Å²) in [4.78, 5) is 16.1. The maximum absolute atomic E-state index is 11.9. The Kier molecular flexibility index (Phi) is 5.37. The molecule has 2 rings (SSSR count). The van der Waals surface area contributed by atoms with Gasteiger partial charge in [-0.15, -0.1) is 0 Å². The summed E-state index contributed by atoms with van der Waals surface area (Å²) in [5.41, 5.74) is -0.760. The first-order valence-electron chi connectivity index (χ1n) is 7.55. The minimum atomic E-state index is -0.760. The summed E-state index contributed by atoms with van der Waals surface area (Å²) in [6, 6.07) is 0. The molecule has 0 radical (unpaired) electrons. The Morgan fingerprint density at radius 3 is 2.70 bits per heavy atom. The largest absolute Gasteiger partial charge is 0.392 e. The number of rotatable bonds is 4. The molecule has 0 aliphatic carbocycles. The summed E-state index contributed by atoms with van der Waals surface area (Å²) in [5, 5.41) is 22.8. The summed E-state index contributed by atoms with van der Waals surface area (Å²) in [6.45, 7) is 3.81. The van der Waals surface area contributed by atoms with Gasteiger partial charge in [0.05, 0.1) is 18.2 Å². The van der Waals surface area contributed by atoms with E-state index >= 15 is 0 Å². The van der Waals surface area contributed by atoms with Crippen molar-refractivity contribution in [3.63, 3.8) is 0 Å². The highest BCUT2D eigenvalue weighted by atomic mass is 16.3. The molecule has 6 heteroatoms. The lowest BCUT2D eigenvalue weighted by Crippen LogP contribution is -2.52. The van der Waals surface area contributed by atoms with E-state index in [9.17, 15) is 15.0 Å². The molecule has 2 aliphatic heterocycles. The van der Waals surface area contributed by atoms with Gasteiger partial charge in [-0.05, 0) is 39.3 Å². The second kappa shape index (κ2) is 6.85. The number of carbonyl (C=O) groups excluding carboxylic acids is 1. The van der Waals surface area contributed by atoms with E-state index < -0.39 is 5.60 Å². The number of carbonyl (C=O) groups is 1. The highest BCUT2D eigenvalue weighted by molar-refractivity contribution is 5.78. The molecule has 6 nitrogen and oxygen atoms in total. The molecule has 2 fully saturated rings. The lowest BCUT2D eigenvalue weighted by molar-refractivity contribution is -0.124. The molecular weight excluding hydrogens is 258 g/mol. The molecule has 1 amide bonds. The second-order valence-corrected chi connectivity index (χ2v) is 6.34. The Morgan fingerprint density at radius 2 is 2.05 bits per heavy atom. The molecule has 0 aromatic heterocycles. The molecule has 1 atom stereocenters.